The van der Waals surface area contributed by atoms with Gasteiger partial charge in [0.25, 0.3) is 0 Å². The highest BCUT2D eigenvalue weighted by molar-refractivity contribution is 9.11. The Morgan fingerprint density at radius 3 is 2.78 bits per heavy atom. The monoisotopic (exact) mass is 189 g/mol. The molecule has 1 heterocycles. The molecule has 1 unspecified atom stereocenters. The smallest absolute Gasteiger partial charge is 0.124 e. The van der Waals surface area contributed by atoms with Crippen LogP contribution in [0, 0.1) is 0 Å². The Bertz CT molecular complexity index is 164. The first-order valence-electron chi connectivity index (χ1n) is 2.54. The third kappa shape index (κ3) is 1.32. The van der Waals surface area contributed by atoms with Crippen molar-refractivity contribution in [2.24, 2.45) is 11.6 Å². The zero-order valence-corrected chi connectivity index (χ0v) is 6.38. The number of nitrogens with two attached hydrogens (primary N) is 2. The zero-order chi connectivity index (χ0) is 6.85. The number of rotatable bonds is 0. The van der Waals surface area contributed by atoms with Crippen LogP contribution in [0.4, 0.5) is 0 Å². The van der Waals surface area contributed by atoms with Crippen molar-refractivity contribution in [3.8, 4) is 0 Å². The van der Waals surface area contributed by atoms with E-state index in [2.05, 4.69) is 15.9 Å². The van der Waals surface area contributed by atoms with Crippen LogP contribution in [0.3, 0.4) is 0 Å². The molecule has 4 N–H and O–H groups in total. The minimum atomic E-state index is -0.227. The van der Waals surface area contributed by atoms with Crippen molar-refractivity contribution < 1.29 is 0 Å². The molecule has 0 saturated heterocycles. The van der Waals surface area contributed by atoms with Crippen LogP contribution in [0.5, 0.6) is 0 Å². The molecule has 50 valence electrons. The summed E-state index contributed by atoms with van der Waals surface area (Å²) in [6.07, 6.45) is 5.19. The summed E-state index contributed by atoms with van der Waals surface area (Å²) in [5.41, 5.74) is 5.56. The average molecular weight is 190 g/mol. The first-order valence-corrected chi connectivity index (χ1v) is 3.33. The van der Waals surface area contributed by atoms with Gasteiger partial charge in [-0.2, -0.15) is 0 Å². The van der Waals surface area contributed by atoms with E-state index in [4.69, 9.17) is 11.6 Å². The second-order valence-corrected chi connectivity index (χ2v) is 2.70. The molecule has 1 rings (SSSR count). The first kappa shape index (κ1) is 6.80. The van der Waals surface area contributed by atoms with E-state index in [1.54, 1.807) is 6.20 Å². The Hall–Kier alpha value is -0.320. The summed E-state index contributed by atoms with van der Waals surface area (Å²) in [4.78, 5) is 0. The van der Waals surface area contributed by atoms with Crippen molar-refractivity contribution in [2.45, 2.75) is 6.17 Å². The fourth-order valence-electron chi connectivity index (χ4n) is 0.568. The number of halogens is 1. The van der Waals surface area contributed by atoms with E-state index >= 15 is 0 Å². The molecule has 0 amide bonds. The number of nitrogens with zero attached hydrogens (tertiary/aromatic N) is 1. The fraction of sp³-hybridized carbons (Fsp3) is 0.200. The molecule has 0 aromatic heterocycles. The van der Waals surface area contributed by atoms with E-state index in [-0.39, 0.29) is 6.17 Å². The second-order valence-electron chi connectivity index (χ2n) is 1.79. The normalized spacial score (nSPS) is 26.3. The lowest BCUT2D eigenvalue weighted by Gasteiger charge is -2.23. The van der Waals surface area contributed by atoms with Gasteiger partial charge in [-0.1, -0.05) is 15.9 Å². The van der Waals surface area contributed by atoms with Crippen molar-refractivity contribution in [3.63, 3.8) is 0 Å². The van der Waals surface area contributed by atoms with Crippen LogP contribution in [0.2, 0.25) is 0 Å². The Labute approximate surface area is 62.1 Å². The maximum Gasteiger partial charge on any atom is 0.124 e. The molecule has 0 radical (unpaired) electrons. The van der Waals surface area contributed by atoms with Gasteiger partial charge >= 0.3 is 0 Å². The molecule has 0 bridgehead atoms. The van der Waals surface area contributed by atoms with E-state index in [1.165, 1.54) is 5.01 Å². The quantitative estimate of drug-likeness (QED) is 0.538. The standard InChI is InChI=1S/C5H8BrN3/c6-4-2-1-3-9(8)5(4)7/h1-3,5H,7-8H2. The molecule has 1 aliphatic heterocycles. The largest absolute Gasteiger partial charge is 0.306 e. The first-order chi connectivity index (χ1) is 4.22. The van der Waals surface area contributed by atoms with Crippen molar-refractivity contribution in [1.82, 2.24) is 5.01 Å². The number of hydrazine groups is 1. The van der Waals surface area contributed by atoms with E-state index < -0.39 is 0 Å². The Balaban J connectivity index is 2.73. The lowest BCUT2D eigenvalue weighted by molar-refractivity contribution is 0.331. The molecule has 0 aromatic rings. The van der Waals surface area contributed by atoms with Crippen molar-refractivity contribution in [3.05, 3.63) is 22.8 Å². The Kier molecular flexibility index (Phi) is 1.90. The van der Waals surface area contributed by atoms with Gasteiger partial charge in [0, 0.05) is 10.7 Å². The molecule has 0 fully saturated rings. The molecule has 4 heteroatoms. The summed E-state index contributed by atoms with van der Waals surface area (Å²) in [6.45, 7) is 0. The van der Waals surface area contributed by atoms with Crippen LogP contribution in [0.25, 0.3) is 0 Å². The molecule has 3 nitrogen and oxygen atoms in total. The minimum absolute atomic E-state index is 0.227. The Morgan fingerprint density at radius 2 is 2.33 bits per heavy atom. The molecule has 1 aliphatic rings. The van der Waals surface area contributed by atoms with Gasteiger partial charge in [0.2, 0.25) is 0 Å². The van der Waals surface area contributed by atoms with Crippen LogP contribution in [0.15, 0.2) is 22.8 Å². The highest BCUT2D eigenvalue weighted by atomic mass is 79.9. The summed E-state index contributed by atoms with van der Waals surface area (Å²) in [6, 6.07) is 0. The predicted octanol–water partition coefficient (Wildman–Crippen LogP) is 0.253. The minimum Gasteiger partial charge on any atom is -0.306 e. The van der Waals surface area contributed by atoms with Crippen molar-refractivity contribution in [1.29, 1.82) is 0 Å². The van der Waals surface area contributed by atoms with Crippen LogP contribution < -0.4 is 11.6 Å². The topological polar surface area (TPSA) is 55.3 Å². The molecular weight excluding hydrogens is 182 g/mol. The van der Waals surface area contributed by atoms with E-state index in [9.17, 15) is 0 Å². The van der Waals surface area contributed by atoms with Crippen LogP contribution in [0.1, 0.15) is 0 Å². The van der Waals surface area contributed by atoms with Crippen molar-refractivity contribution >= 4 is 15.9 Å². The molecule has 1 atom stereocenters. The fourth-order valence-corrected chi connectivity index (χ4v) is 0.957. The third-order valence-corrected chi connectivity index (χ3v) is 1.85. The highest BCUT2D eigenvalue weighted by Crippen LogP contribution is 2.14. The van der Waals surface area contributed by atoms with Gasteiger partial charge in [-0.15, -0.1) is 0 Å². The van der Waals surface area contributed by atoms with E-state index in [0.29, 0.717) is 0 Å². The van der Waals surface area contributed by atoms with Crippen LogP contribution in [-0.4, -0.2) is 11.2 Å². The van der Waals surface area contributed by atoms with Gasteiger partial charge in [-0.3, -0.25) is 5.01 Å². The maximum absolute atomic E-state index is 5.56. The molecule has 0 saturated carbocycles. The van der Waals surface area contributed by atoms with Gasteiger partial charge in [-0.25, -0.2) is 5.84 Å². The van der Waals surface area contributed by atoms with Crippen LogP contribution >= 0.6 is 15.9 Å². The molecule has 0 aliphatic carbocycles. The SMILES string of the molecule is NC1C(Br)=CC=CN1N. The molecule has 9 heavy (non-hydrogen) atoms. The zero-order valence-electron chi connectivity index (χ0n) is 4.79. The number of hydrogen-bond acceptors (Lipinski definition) is 3. The third-order valence-electron chi connectivity index (χ3n) is 1.12. The number of hydrogen-bond donors (Lipinski definition) is 2. The molecular formula is C5H8BrN3. The summed E-state index contributed by atoms with van der Waals surface area (Å²) in [7, 11) is 0. The van der Waals surface area contributed by atoms with E-state index in [1.807, 2.05) is 12.2 Å². The maximum atomic E-state index is 5.56. The van der Waals surface area contributed by atoms with Gasteiger partial charge in [0.1, 0.15) is 6.17 Å². The lowest BCUT2D eigenvalue weighted by Crippen LogP contribution is -2.44. The summed E-state index contributed by atoms with van der Waals surface area (Å²) >= 11 is 3.26. The lowest BCUT2D eigenvalue weighted by atomic mass is 10.3. The van der Waals surface area contributed by atoms with Gasteiger partial charge in [0.15, 0.2) is 0 Å². The molecule has 0 aromatic carbocycles. The summed E-state index contributed by atoms with van der Waals surface area (Å²) < 4.78 is 0.896. The second kappa shape index (κ2) is 2.51. The van der Waals surface area contributed by atoms with Crippen LogP contribution in [-0.2, 0) is 0 Å². The average Bonchev–Trinajstić information content (AvgIpc) is 1.83. The number of allylic oxidation sites excluding steroid dienone is 2. The van der Waals surface area contributed by atoms with E-state index in [0.717, 1.165) is 4.48 Å². The molecule has 0 spiro atoms. The van der Waals surface area contributed by atoms with Crippen molar-refractivity contribution in [2.75, 3.05) is 0 Å². The van der Waals surface area contributed by atoms with Gasteiger partial charge in [0.05, 0.1) is 0 Å². The predicted molar refractivity (Wildman–Crippen MR) is 40.2 cm³/mol. The Morgan fingerprint density at radius 1 is 1.67 bits per heavy atom. The van der Waals surface area contributed by atoms with Gasteiger partial charge < -0.3 is 5.73 Å². The summed E-state index contributed by atoms with van der Waals surface area (Å²) in [5, 5.41) is 1.43. The summed E-state index contributed by atoms with van der Waals surface area (Å²) in [5.74, 6) is 5.42. The van der Waals surface area contributed by atoms with Gasteiger partial charge in [-0.05, 0) is 12.2 Å². The highest BCUT2D eigenvalue weighted by Gasteiger charge is 2.11.